The third kappa shape index (κ3) is 2.43. The zero-order valence-electron chi connectivity index (χ0n) is 11.0. The van der Waals surface area contributed by atoms with Gasteiger partial charge < -0.3 is 4.57 Å². The van der Waals surface area contributed by atoms with Crippen LogP contribution in [0.1, 0.15) is 50.9 Å². The van der Waals surface area contributed by atoms with Gasteiger partial charge in [-0.3, -0.25) is 0 Å². The molecule has 0 fully saturated rings. The van der Waals surface area contributed by atoms with Gasteiger partial charge in [-0.15, -0.1) is 11.6 Å². The van der Waals surface area contributed by atoms with Gasteiger partial charge in [0.05, 0.1) is 16.4 Å². The van der Waals surface area contributed by atoms with Gasteiger partial charge in [0, 0.05) is 10.5 Å². The lowest BCUT2D eigenvalue weighted by atomic mass is 10.1. The predicted molar refractivity (Wildman–Crippen MR) is 81.3 cm³/mol. The highest BCUT2D eigenvalue weighted by molar-refractivity contribution is 9.10. The second-order valence-electron chi connectivity index (χ2n) is 4.56. The van der Waals surface area contributed by atoms with Crippen molar-refractivity contribution in [2.75, 3.05) is 0 Å². The van der Waals surface area contributed by atoms with Crippen molar-refractivity contribution in [2.45, 2.75) is 45.0 Å². The van der Waals surface area contributed by atoms with Crippen molar-refractivity contribution < 1.29 is 0 Å². The molecule has 1 atom stereocenters. The Morgan fingerprint density at radius 3 is 2.56 bits per heavy atom. The Balaban J connectivity index is 2.69. The van der Waals surface area contributed by atoms with Crippen molar-refractivity contribution in [3.63, 3.8) is 0 Å². The number of fused-ring (bicyclic) bond motifs is 1. The molecule has 0 aliphatic carbocycles. The normalized spacial score (nSPS) is 13.4. The van der Waals surface area contributed by atoms with Gasteiger partial charge in [-0.25, -0.2) is 4.98 Å². The smallest absolute Gasteiger partial charge is 0.127 e. The largest absolute Gasteiger partial charge is 0.324 e. The fourth-order valence-corrected chi connectivity index (χ4v) is 2.91. The molecule has 4 heteroatoms. The van der Waals surface area contributed by atoms with E-state index in [1.165, 1.54) is 5.52 Å². The van der Waals surface area contributed by atoms with Gasteiger partial charge >= 0.3 is 0 Å². The zero-order chi connectivity index (χ0) is 13.3. The van der Waals surface area contributed by atoms with Crippen LogP contribution in [0.4, 0.5) is 0 Å². The van der Waals surface area contributed by atoms with Gasteiger partial charge in [-0.1, -0.05) is 29.8 Å². The third-order valence-corrected chi connectivity index (χ3v) is 4.03. The van der Waals surface area contributed by atoms with Gasteiger partial charge in [0.2, 0.25) is 0 Å². The maximum Gasteiger partial charge on any atom is 0.127 e. The topological polar surface area (TPSA) is 17.8 Å². The van der Waals surface area contributed by atoms with Gasteiger partial charge in [0.15, 0.2) is 0 Å². The van der Waals surface area contributed by atoms with Crippen LogP contribution in [-0.2, 0) is 0 Å². The van der Waals surface area contributed by atoms with E-state index in [1.54, 1.807) is 0 Å². The van der Waals surface area contributed by atoms with Crippen LogP contribution in [0.2, 0.25) is 0 Å². The van der Waals surface area contributed by atoms with Crippen LogP contribution in [-0.4, -0.2) is 9.55 Å². The Kier molecular flexibility index (Phi) is 4.33. The summed E-state index contributed by atoms with van der Waals surface area (Å²) in [6.45, 7) is 6.40. The molecular weight excluding hydrogens is 312 g/mol. The summed E-state index contributed by atoms with van der Waals surface area (Å²) in [5, 5.41) is -0.0724. The van der Waals surface area contributed by atoms with Crippen molar-refractivity contribution in [3.8, 4) is 0 Å². The van der Waals surface area contributed by atoms with Gasteiger partial charge in [0.25, 0.3) is 0 Å². The number of hydrogen-bond donors (Lipinski definition) is 0. The number of alkyl halides is 1. The Morgan fingerprint density at radius 1 is 1.33 bits per heavy atom. The SMILES string of the molecule is CCC(CC)n1c(C(C)Cl)nc2cc(Br)ccc21. The number of halogens is 2. The van der Waals surface area contributed by atoms with Crippen LogP contribution in [0.15, 0.2) is 22.7 Å². The number of hydrogen-bond acceptors (Lipinski definition) is 1. The number of aromatic nitrogens is 2. The first-order chi connectivity index (χ1) is 8.58. The standard InChI is InChI=1S/C14H18BrClN2/c1-4-11(5-2)18-13-7-6-10(15)8-12(13)17-14(18)9(3)16/h6-9,11H,4-5H2,1-3H3. The molecule has 0 saturated heterocycles. The van der Waals surface area contributed by atoms with Crippen LogP contribution >= 0.6 is 27.5 Å². The van der Waals surface area contributed by atoms with Crippen molar-refractivity contribution in [3.05, 3.63) is 28.5 Å². The summed E-state index contributed by atoms with van der Waals surface area (Å²) in [6.07, 6.45) is 2.18. The minimum Gasteiger partial charge on any atom is -0.324 e. The number of imidazole rings is 1. The maximum atomic E-state index is 6.28. The van der Waals surface area contributed by atoms with E-state index < -0.39 is 0 Å². The van der Waals surface area contributed by atoms with E-state index in [-0.39, 0.29) is 5.38 Å². The first kappa shape index (κ1) is 13.9. The van der Waals surface area contributed by atoms with E-state index in [0.717, 1.165) is 28.7 Å². The first-order valence-electron chi connectivity index (χ1n) is 6.39. The second-order valence-corrected chi connectivity index (χ2v) is 6.13. The van der Waals surface area contributed by atoms with E-state index in [2.05, 4.69) is 52.5 Å². The lowest BCUT2D eigenvalue weighted by molar-refractivity contribution is 0.466. The molecule has 0 radical (unpaired) electrons. The van der Waals surface area contributed by atoms with Gasteiger partial charge in [0.1, 0.15) is 5.82 Å². The zero-order valence-corrected chi connectivity index (χ0v) is 13.3. The Bertz CT molecular complexity index is 544. The van der Waals surface area contributed by atoms with E-state index >= 15 is 0 Å². The molecule has 1 heterocycles. The van der Waals surface area contributed by atoms with Crippen LogP contribution in [0.3, 0.4) is 0 Å². The number of benzene rings is 1. The lowest BCUT2D eigenvalue weighted by Crippen LogP contribution is -2.11. The van der Waals surface area contributed by atoms with Crippen LogP contribution in [0.25, 0.3) is 11.0 Å². The summed E-state index contributed by atoms with van der Waals surface area (Å²) >= 11 is 9.77. The molecule has 98 valence electrons. The average molecular weight is 330 g/mol. The van der Waals surface area contributed by atoms with E-state index in [0.29, 0.717) is 6.04 Å². The van der Waals surface area contributed by atoms with E-state index in [9.17, 15) is 0 Å². The molecule has 0 saturated carbocycles. The van der Waals surface area contributed by atoms with Crippen molar-refractivity contribution in [2.24, 2.45) is 0 Å². The fourth-order valence-electron chi connectivity index (χ4n) is 2.41. The van der Waals surface area contributed by atoms with Crippen molar-refractivity contribution >= 4 is 38.6 Å². The van der Waals surface area contributed by atoms with Crippen LogP contribution in [0, 0.1) is 0 Å². The third-order valence-electron chi connectivity index (χ3n) is 3.34. The van der Waals surface area contributed by atoms with E-state index in [1.807, 2.05) is 6.92 Å². The Hall–Kier alpha value is -0.540. The van der Waals surface area contributed by atoms with Crippen molar-refractivity contribution in [1.82, 2.24) is 9.55 Å². The molecule has 1 aromatic heterocycles. The fraction of sp³-hybridized carbons (Fsp3) is 0.500. The average Bonchev–Trinajstić information content (AvgIpc) is 2.70. The highest BCUT2D eigenvalue weighted by Gasteiger charge is 2.19. The maximum absolute atomic E-state index is 6.28. The molecule has 0 amide bonds. The van der Waals surface area contributed by atoms with E-state index in [4.69, 9.17) is 16.6 Å². The molecule has 0 N–H and O–H groups in total. The van der Waals surface area contributed by atoms with Crippen LogP contribution in [0.5, 0.6) is 0 Å². The highest BCUT2D eigenvalue weighted by Crippen LogP contribution is 2.31. The molecule has 2 aromatic rings. The molecule has 1 unspecified atom stereocenters. The van der Waals surface area contributed by atoms with Gasteiger partial charge in [-0.05, 0) is 38.0 Å². The molecular formula is C14H18BrClN2. The molecule has 0 aliphatic rings. The Morgan fingerprint density at radius 2 is 2.00 bits per heavy atom. The summed E-state index contributed by atoms with van der Waals surface area (Å²) < 4.78 is 3.36. The Labute approximate surface area is 121 Å². The molecule has 1 aromatic carbocycles. The molecule has 18 heavy (non-hydrogen) atoms. The summed E-state index contributed by atoms with van der Waals surface area (Å²) in [5.74, 6) is 0.971. The molecule has 2 rings (SSSR count). The lowest BCUT2D eigenvalue weighted by Gasteiger charge is -2.19. The molecule has 2 nitrogen and oxygen atoms in total. The molecule has 0 aliphatic heterocycles. The van der Waals surface area contributed by atoms with Crippen LogP contribution < -0.4 is 0 Å². The second kappa shape index (κ2) is 5.62. The summed E-state index contributed by atoms with van der Waals surface area (Å²) in [4.78, 5) is 4.69. The summed E-state index contributed by atoms with van der Waals surface area (Å²) in [7, 11) is 0. The predicted octanol–water partition coefficient (Wildman–Crippen LogP) is 5.46. The minimum absolute atomic E-state index is 0.0724. The summed E-state index contributed by atoms with van der Waals surface area (Å²) in [5.41, 5.74) is 2.19. The number of nitrogens with zero attached hydrogens (tertiary/aromatic N) is 2. The molecule has 0 spiro atoms. The molecule has 0 bridgehead atoms. The highest BCUT2D eigenvalue weighted by atomic mass is 79.9. The number of rotatable bonds is 4. The van der Waals surface area contributed by atoms with Crippen molar-refractivity contribution in [1.29, 1.82) is 0 Å². The quantitative estimate of drug-likeness (QED) is 0.681. The minimum atomic E-state index is -0.0724. The first-order valence-corrected chi connectivity index (χ1v) is 7.62. The summed E-state index contributed by atoms with van der Waals surface area (Å²) in [6, 6.07) is 6.70. The van der Waals surface area contributed by atoms with Gasteiger partial charge in [-0.2, -0.15) is 0 Å². The monoisotopic (exact) mass is 328 g/mol.